The Morgan fingerprint density at radius 2 is 1.80 bits per heavy atom. The second-order valence-corrected chi connectivity index (χ2v) is 6.15. The minimum Gasteiger partial charge on any atom is -0.378 e. The number of anilines is 2. The fourth-order valence-corrected chi connectivity index (χ4v) is 2.54. The van der Waals surface area contributed by atoms with E-state index in [0.29, 0.717) is 5.95 Å². The second kappa shape index (κ2) is 7.70. The molecule has 6 nitrogen and oxygen atoms in total. The molecule has 0 fully saturated rings. The first-order chi connectivity index (χ1) is 12.1. The minimum absolute atomic E-state index is 0.156. The first-order valence-corrected chi connectivity index (χ1v) is 8.24. The summed E-state index contributed by atoms with van der Waals surface area (Å²) in [4.78, 5) is 19.4. The van der Waals surface area contributed by atoms with Gasteiger partial charge in [-0.2, -0.15) is 0 Å². The van der Waals surface area contributed by atoms with Crippen molar-refractivity contribution in [3.63, 3.8) is 0 Å². The number of aromatic nitrogens is 4. The summed E-state index contributed by atoms with van der Waals surface area (Å²) >= 11 is 0. The fourth-order valence-electron chi connectivity index (χ4n) is 2.54. The van der Waals surface area contributed by atoms with Gasteiger partial charge in [-0.1, -0.05) is 12.1 Å². The van der Waals surface area contributed by atoms with Crippen LogP contribution in [0.1, 0.15) is 12.6 Å². The van der Waals surface area contributed by atoms with Crippen molar-refractivity contribution in [2.24, 2.45) is 0 Å². The van der Waals surface area contributed by atoms with E-state index in [1.807, 2.05) is 20.2 Å². The number of nitrogens with zero attached hydrogens (tertiary/aromatic N) is 5. The molecule has 3 rings (SSSR count). The molecule has 1 aromatic carbocycles. The van der Waals surface area contributed by atoms with Crippen molar-refractivity contribution in [2.45, 2.75) is 19.4 Å². The van der Waals surface area contributed by atoms with E-state index in [1.165, 1.54) is 0 Å². The van der Waals surface area contributed by atoms with E-state index in [-0.39, 0.29) is 6.04 Å². The highest BCUT2D eigenvalue weighted by Crippen LogP contribution is 2.21. The van der Waals surface area contributed by atoms with E-state index in [0.717, 1.165) is 29.1 Å². The highest BCUT2D eigenvalue weighted by Gasteiger charge is 2.08. The summed E-state index contributed by atoms with van der Waals surface area (Å²) < 4.78 is 0. The first-order valence-electron chi connectivity index (χ1n) is 8.24. The van der Waals surface area contributed by atoms with Crippen LogP contribution < -0.4 is 10.2 Å². The van der Waals surface area contributed by atoms with Gasteiger partial charge in [-0.05, 0) is 25.1 Å². The molecule has 1 atom stereocenters. The topological polar surface area (TPSA) is 66.8 Å². The maximum absolute atomic E-state index is 4.63. The van der Waals surface area contributed by atoms with Crippen molar-refractivity contribution in [3.8, 4) is 11.3 Å². The zero-order valence-electron chi connectivity index (χ0n) is 14.7. The van der Waals surface area contributed by atoms with E-state index >= 15 is 0 Å². The normalized spacial score (nSPS) is 11.8. The molecule has 2 aromatic heterocycles. The molecule has 2 heterocycles. The molecule has 0 aliphatic heterocycles. The number of rotatable bonds is 6. The summed E-state index contributed by atoms with van der Waals surface area (Å²) in [5.74, 6) is 0.616. The summed E-state index contributed by atoms with van der Waals surface area (Å²) in [5, 5.41) is 3.33. The molecule has 0 saturated carbocycles. The van der Waals surface area contributed by atoms with Crippen molar-refractivity contribution in [1.82, 2.24) is 19.9 Å². The highest BCUT2D eigenvalue weighted by atomic mass is 15.1. The predicted molar refractivity (Wildman–Crippen MR) is 101 cm³/mol. The van der Waals surface area contributed by atoms with Gasteiger partial charge < -0.3 is 10.2 Å². The Hall–Kier alpha value is -3.02. The summed E-state index contributed by atoms with van der Waals surface area (Å²) in [6.07, 6.45) is 7.70. The Kier molecular flexibility index (Phi) is 5.18. The lowest BCUT2D eigenvalue weighted by atomic mass is 10.1. The first kappa shape index (κ1) is 16.8. The predicted octanol–water partition coefficient (Wildman–Crippen LogP) is 3.04. The lowest BCUT2D eigenvalue weighted by Crippen LogP contribution is -2.20. The SMILES string of the molecule is CC(Cc1cnccn1)Nc1nccc(-c2ccc(N(C)C)cc2)n1. The van der Waals surface area contributed by atoms with E-state index in [4.69, 9.17) is 0 Å². The number of hydrogen-bond donors (Lipinski definition) is 1. The highest BCUT2D eigenvalue weighted by molar-refractivity contribution is 5.63. The maximum Gasteiger partial charge on any atom is 0.223 e. The molecular formula is C19H22N6. The largest absolute Gasteiger partial charge is 0.378 e. The number of benzene rings is 1. The van der Waals surface area contributed by atoms with Crippen LogP contribution in [0.3, 0.4) is 0 Å². The van der Waals surface area contributed by atoms with Gasteiger partial charge in [0.05, 0.1) is 11.4 Å². The maximum atomic E-state index is 4.63. The van der Waals surface area contributed by atoms with Crippen LogP contribution in [0.25, 0.3) is 11.3 Å². The van der Waals surface area contributed by atoms with Crippen molar-refractivity contribution in [3.05, 3.63) is 60.8 Å². The Bertz CT molecular complexity index is 802. The lowest BCUT2D eigenvalue weighted by molar-refractivity contribution is 0.754. The minimum atomic E-state index is 0.156. The number of hydrogen-bond acceptors (Lipinski definition) is 6. The molecule has 0 aliphatic carbocycles. The average Bonchev–Trinajstić information content (AvgIpc) is 2.63. The van der Waals surface area contributed by atoms with E-state index in [2.05, 4.69) is 61.3 Å². The van der Waals surface area contributed by atoms with Crippen molar-refractivity contribution < 1.29 is 0 Å². The van der Waals surface area contributed by atoms with Gasteiger partial charge in [0.15, 0.2) is 0 Å². The molecule has 0 saturated heterocycles. The van der Waals surface area contributed by atoms with Crippen molar-refractivity contribution >= 4 is 11.6 Å². The van der Waals surface area contributed by atoms with Gasteiger partial charge in [0, 0.05) is 62.6 Å². The molecule has 0 amide bonds. The van der Waals surface area contributed by atoms with Gasteiger partial charge in [-0.3, -0.25) is 9.97 Å². The van der Waals surface area contributed by atoms with Crippen LogP contribution in [0.4, 0.5) is 11.6 Å². The molecule has 0 bridgehead atoms. The van der Waals surface area contributed by atoms with Crippen LogP contribution in [0.5, 0.6) is 0 Å². The summed E-state index contributed by atoms with van der Waals surface area (Å²) in [6.45, 7) is 2.08. The van der Waals surface area contributed by atoms with Gasteiger partial charge in [0.25, 0.3) is 0 Å². The zero-order valence-corrected chi connectivity index (χ0v) is 14.7. The van der Waals surface area contributed by atoms with Gasteiger partial charge in [0.1, 0.15) is 0 Å². The van der Waals surface area contributed by atoms with Crippen molar-refractivity contribution in [2.75, 3.05) is 24.3 Å². The molecular weight excluding hydrogens is 312 g/mol. The van der Waals surface area contributed by atoms with Crippen LogP contribution in [0, 0.1) is 0 Å². The van der Waals surface area contributed by atoms with Gasteiger partial charge in [0.2, 0.25) is 5.95 Å². The number of nitrogens with one attached hydrogen (secondary N) is 1. The van der Waals surface area contributed by atoms with Crippen LogP contribution in [-0.4, -0.2) is 40.1 Å². The van der Waals surface area contributed by atoms with Crippen LogP contribution in [-0.2, 0) is 6.42 Å². The fraction of sp³-hybridized carbons (Fsp3) is 0.263. The van der Waals surface area contributed by atoms with E-state index < -0.39 is 0 Å². The molecule has 0 spiro atoms. The van der Waals surface area contributed by atoms with E-state index in [1.54, 1.807) is 24.8 Å². The Morgan fingerprint density at radius 3 is 2.48 bits per heavy atom. The molecule has 3 aromatic rings. The molecule has 6 heteroatoms. The molecule has 25 heavy (non-hydrogen) atoms. The van der Waals surface area contributed by atoms with Gasteiger partial charge in [-0.15, -0.1) is 0 Å². The van der Waals surface area contributed by atoms with Gasteiger partial charge in [-0.25, -0.2) is 9.97 Å². The third-order valence-electron chi connectivity index (χ3n) is 3.84. The lowest BCUT2D eigenvalue weighted by Gasteiger charge is -2.14. The summed E-state index contributed by atoms with van der Waals surface area (Å²) in [5.41, 5.74) is 4.07. The smallest absolute Gasteiger partial charge is 0.223 e. The summed E-state index contributed by atoms with van der Waals surface area (Å²) in [6, 6.07) is 10.4. The van der Waals surface area contributed by atoms with Crippen LogP contribution in [0.15, 0.2) is 55.1 Å². The standard InChI is InChI=1S/C19H22N6/c1-14(12-16-13-20-10-11-21-16)23-19-22-9-8-18(24-19)15-4-6-17(7-5-15)25(2)3/h4-11,13-14H,12H2,1-3H3,(H,22,23,24). The Labute approximate surface area is 148 Å². The van der Waals surface area contributed by atoms with Gasteiger partial charge >= 0.3 is 0 Å². The molecule has 0 aliphatic rings. The van der Waals surface area contributed by atoms with E-state index in [9.17, 15) is 0 Å². The average molecular weight is 334 g/mol. The quantitative estimate of drug-likeness (QED) is 0.747. The Morgan fingerprint density at radius 1 is 1.00 bits per heavy atom. The van der Waals surface area contributed by atoms with Crippen LogP contribution in [0.2, 0.25) is 0 Å². The third-order valence-corrected chi connectivity index (χ3v) is 3.84. The third kappa shape index (κ3) is 4.50. The molecule has 1 unspecified atom stereocenters. The second-order valence-electron chi connectivity index (χ2n) is 6.15. The monoisotopic (exact) mass is 334 g/mol. The van der Waals surface area contributed by atoms with Crippen LogP contribution >= 0.6 is 0 Å². The molecule has 1 N–H and O–H groups in total. The zero-order chi connectivity index (χ0) is 17.6. The molecule has 128 valence electrons. The Balaban J connectivity index is 1.70. The van der Waals surface area contributed by atoms with Crippen molar-refractivity contribution in [1.29, 1.82) is 0 Å². The summed E-state index contributed by atoms with van der Waals surface area (Å²) in [7, 11) is 4.06. The molecule has 0 radical (unpaired) electrons.